The van der Waals surface area contributed by atoms with Crippen molar-refractivity contribution in [3.63, 3.8) is 0 Å². The molecular formula is C15H18F4O3. The number of carbonyl (C=O) groups is 1. The molecule has 0 fully saturated rings. The fourth-order valence-corrected chi connectivity index (χ4v) is 1.48. The van der Waals surface area contributed by atoms with Crippen LogP contribution in [0, 0.1) is 34.6 Å². The molecule has 0 heterocycles. The smallest absolute Gasteiger partial charge is 0.319 e. The number of ether oxygens (including phenoxy) is 2. The average Bonchev–Trinajstić information content (AvgIpc) is 2.40. The Morgan fingerprint density at radius 2 is 1.64 bits per heavy atom. The van der Waals surface area contributed by atoms with Crippen LogP contribution in [0.15, 0.2) is 6.07 Å². The highest BCUT2D eigenvalue weighted by atomic mass is 19.2. The normalized spacial score (nSPS) is 11.9. The van der Waals surface area contributed by atoms with Crippen LogP contribution in [0.5, 0.6) is 5.75 Å². The second kappa shape index (κ2) is 7.09. The lowest BCUT2D eigenvalue weighted by atomic mass is 9.95. The van der Waals surface area contributed by atoms with Crippen LogP contribution in [0.25, 0.3) is 0 Å². The Hall–Kier alpha value is -1.63. The summed E-state index contributed by atoms with van der Waals surface area (Å²) < 4.78 is 62.8. The van der Waals surface area contributed by atoms with Gasteiger partial charge in [0.2, 0.25) is 17.4 Å². The number of esters is 1. The molecule has 0 aliphatic rings. The molecule has 0 aliphatic heterocycles. The van der Waals surface area contributed by atoms with E-state index >= 15 is 0 Å². The lowest BCUT2D eigenvalue weighted by molar-refractivity contribution is -0.148. The molecule has 1 aromatic carbocycles. The first-order chi connectivity index (χ1) is 10.1. The first-order valence-electron chi connectivity index (χ1n) is 6.69. The monoisotopic (exact) mass is 322 g/mol. The highest BCUT2D eigenvalue weighted by Gasteiger charge is 2.33. The van der Waals surface area contributed by atoms with Crippen molar-refractivity contribution in [3.05, 3.63) is 29.3 Å². The number of benzene rings is 1. The summed E-state index contributed by atoms with van der Waals surface area (Å²) in [6, 6.07) is 0.0406. The maximum atomic E-state index is 13.5. The fraction of sp³-hybridized carbons (Fsp3) is 0.533. The summed E-state index contributed by atoms with van der Waals surface area (Å²) in [5.74, 6) is -9.01. The summed E-state index contributed by atoms with van der Waals surface area (Å²) in [6.45, 7) is 7.00. The van der Waals surface area contributed by atoms with Crippen LogP contribution in [0.3, 0.4) is 0 Å². The van der Waals surface area contributed by atoms with Crippen molar-refractivity contribution in [3.8, 4) is 5.75 Å². The van der Waals surface area contributed by atoms with E-state index in [9.17, 15) is 22.4 Å². The van der Waals surface area contributed by atoms with Gasteiger partial charge in [-0.25, -0.2) is 8.78 Å². The van der Waals surface area contributed by atoms with Crippen molar-refractivity contribution in [1.82, 2.24) is 0 Å². The Morgan fingerprint density at radius 1 is 1.14 bits per heavy atom. The van der Waals surface area contributed by atoms with E-state index in [1.165, 1.54) is 13.8 Å². The van der Waals surface area contributed by atoms with Crippen LogP contribution < -0.4 is 4.74 Å². The number of hydrogen-bond acceptors (Lipinski definition) is 3. The van der Waals surface area contributed by atoms with Crippen molar-refractivity contribution in [1.29, 1.82) is 0 Å². The molecular weight excluding hydrogens is 304 g/mol. The summed E-state index contributed by atoms with van der Waals surface area (Å²) >= 11 is 0. The van der Waals surface area contributed by atoms with Gasteiger partial charge in [0, 0.05) is 12.7 Å². The molecule has 0 aliphatic carbocycles. The molecule has 0 radical (unpaired) electrons. The second-order valence-electron chi connectivity index (χ2n) is 5.98. The molecule has 0 amide bonds. The Bertz CT molecular complexity index is 530. The molecule has 0 spiro atoms. The zero-order valence-corrected chi connectivity index (χ0v) is 12.8. The van der Waals surface area contributed by atoms with E-state index in [0.29, 0.717) is 6.61 Å². The van der Waals surface area contributed by atoms with E-state index in [4.69, 9.17) is 4.74 Å². The highest BCUT2D eigenvalue weighted by molar-refractivity contribution is 5.78. The zero-order valence-electron chi connectivity index (χ0n) is 12.8. The minimum absolute atomic E-state index is 0.0406. The lowest BCUT2D eigenvalue weighted by Crippen LogP contribution is -2.34. The van der Waals surface area contributed by atoms with E-state index < -0.39 is 40.4 Å². The number of carbonyl (C=O) groups excluding carboxylic acids is 1. The molecule has 0 saturated carbocycles. The summed E-state index contributed by atoms with van der Waals surface area (Å²) in [5.41, 5.74) is -1.24. The molecule has 1 rings (SSSR count). The molecule has 0 atom stereocenters. The third-order valence-electron chi connectivity index (χ3n) is 2.73. The van der Waals surface area contributed by atoms with Crippen molar-refractivity contribution in [2.24, 2.45) is 11.3 Å². The SMILES string of the molecule is CC(C)COCC(C)(C)C(=O)Oc1c(F)c(F)cc(F)c1F. The zero-order chi connectivity index (χ0) is 17.1. The maximum Gasteiger partial charge on any atom is 0.319 e. The number of hydrogen-bond donors (Lipinski definition) is 0. The first-order valence-corrected chi connectivity index (χ1v) is 6.69. The maximum absolute atomic E-state index is 13.5. The minimum Gasteiger partial charge on any atom is -0.420 e. The second-order valence-corrected chi connectivity index (χ2v) is 5.98. The molecule has 22 heavy (non-hydrogen) atoms. The molecule has 0 bridgehead atoms. The first kappa shape index (κ1) is 18.4. The van der Waals surface area contributed by atoms with Crippen molar-refractivity contribution in [2.45, 2.75) is 27.7 Å². The third-order valence-corrected chi connectivity index (χ3v) is 2.73. The highest BCUT2D eigenvalue weighted by Crippen LogP contribution is 2.29. The van der Waals surface area contributed by atoms with Crippen LogP contribution in [0.2, 0.25) is 0 Å². The van der Waals surface area contributed by atoms with Gasteiger partial charge in [-0.1, -0.05) is 13.8 Å². The molecule has 1 aromatic rings. The lowest BCUT2D eigenvalue weighted by Gasteiger charge is -2.23. The standard InChI is InChI=1S/C15H18F4O3/c1-8(2)6-21-7-15(3,4)14(20)22-13-11(18)9(16)5-10(17)12(13)19/h5,8H,6-7H2,1-4H3. The van der Waals surface area contributed by atoms with Crippen molar-refractivity contribution >= 4 is 5.97 Å². The van der Waals surface area contributed by atoms with E-state index in [2.05, 4.69) is 4.74 Å². The van der Waals surface area contributed by atoms with E-state index in [1.807, 2.05) is 13.8 Å². The van der Waals surface area contributed by atoms with Gasteiger partial charge in [-0.3, -0.25) is 4.79 Å². The van der Waals surface area contributed by atoms with Crippen LogP contribution in [0.4, 0.5) is 17.6 Å². The summed E-state index contributed by atoms with van der Waals surface area (Å²) in [7, 11) is 0. The predicted molar refractivity (Wildman–Crippen MR) is 71.3 cm³/mol. The Labute approximate surface area is 126 Å². The van der Waals surface area contributed by atoms with Gasteiger partial charge in [-0.15, -0.1) is 0 Å². The van der Waals surface area contributed by atoms with E-state index in [-0.39, 0.29) is 18.6 Å². The molecule has 7 heteroatoms. The molecule has 124 valence electrons. The van der Waals surface area contributed by atoms with Gasteiger partial charge >= 0.3 is 5.97 Å². The van der Waals surface area contributed by atoms with Crippen LogP contribution in [-0.2, 0) is 9.53 Å². The topological polar surface area (TPSA) is 35.5 Å². The average molecular weight is 322 g/mol. The summed E-state index contributed by atoms with van der Waals surface area (Å²) in [5, 5.41) is 0. The van der Waals surface area contributed by atoms with Gasteiger partial charge in [0.15, 0.2) is 11.6 Å². The van der Waals surface area contributed by atoms with Crippen molar-refractivity contribution in [2.75, 3.05) is 13.2 Å². The van der Waals surface area contributed by atoms with E-state index in [0.717, 1.165) is 0 Å². The van der Waals surface area contributed by atoms with Gasteiger partial charge < -0.3 is 9.47 Å². The van der Waals surface area contributed by atoms with Crippen LogP contribution in [0.1, 0.15) is 27.7 Å². The van der Waals surface area contributed by atoms with Gasteiger partial charge in [0.1, 0.15) is 0 Å². The van der Waals surface area contributed by atoms with Gasteiger partial charge in [0.05, 0.1) is 12.0 Å². The molecule has 0 N–H and O–H groups in total. The fourth-order valence-electron chi connectivity index (χ4n) is 1.48. The number of rotatable bonds is 6. The van der Waals surface area contributed by atoms with Crippen LogP contribution in [-0.4, -0.2) is 19.2 Å². The quantitative estimate of drug-likeness (QED) is 0.345. The van der Waals surface area contributed by atoms with Gasteiger partial charge in [-0.2, -0.15) is 8.78 Å². The van der Waals surface area contributed by atoms with Gasteiger partial charge in [-0.05, 0) is 19.8 Å². The Kier molecular flexibility index (Phi) is 5.93. The van der Waals surface area contributed by atoms with Crippen LogP contribution >= 0.6 is 0 Å². The summed E-state index contributed by atoms with van der Waals surface area (Å²) in [6.07, 6.45) is 0. The van der Waals surface area contributed by atoms with Crippen molar-refractivity contribution < 1.29 is 31.8 Å². The number of halogens is 4. The molecule has 3 nitrogen and oxygen atoms in total. The molecule has 0 saturated heterocycles. The largest absolute Gasteiger partial charge is 0.420 e. The molecule has 0 aromatic heterocycles. The third kappa shape index (κ3) is 4.43. The predicted octanol–water partition coefficient (Wildman–Crippen LogP) is 3.85. The Balaban J connectivity index is 2.88. The molecule has 0 unspecified atom stereocenters. The van der Waals surface area contributed by atoms with Gasteiger partial charge in [0.25, 0.3) is 0 Å². The van der Waals surface area contributed by atoms with E-state index in [1.54, 1.807) is 0 Å². The summed E-state index contributed by atoms with van der Waals surface area (Å²) in [4.78, 5) is 12.0. The minimum atomic E-state index is -1.76. The Morgan fingerprint density at radius 3 is 2.09 bits per heavy atom.